The van der Waals surface area contributed by atoms with Crippen LogP contribution in [0.5, 0.6) is 11.5 Å². The third-order valence-electron chi connectivity index (χ3n) is 8.30. The molecule has 1 aromatic carbocycles. The van der Waals surface area contributed by atoms with Gasteiger partial charge in [0.15, 0.2) is 11.5 Å². The van der Waals surface area contributed by atoms with Crippen LogP contribution in [0.1, 0.15) is 44.9 Å². The fraction of sp³-hybridized carbons (Fsp3) is 0.667. The van der Waals surface area contributed by atoms with Gasteiger partial charge in [0.05, 0.1) is 32.4 Å². The Kier molecular flexibility index (Phi) is 10.2. The molecule has 0 amide bonds. The summed E-state index contributed by atoms with van der Waals surface area (Å²) in [6.45, 7) is 9.96. The van der Waals surface area contributed by atoms with E-state index in [0.717, 1.165) is 92.4 Å². The molecule has 0 aliphatic carbocycles. The van der Waals surface area contributed by atoms with Crippen molar-refractivity contribution in [3.8, 4) is 11.5 Å². The number of carbonyl (C=O) groups is 1. The van der Waals surface area contributed by atoms with Gasteiger partial charge in [-0.3, -0.25) is 4.79 Å². The Morgan fingerprint density at radius 2 is 1.73 bits per heavy atom. The van der Waals surface area contributed by atoms with Crippen molar-refractivity contribution >= 4 is 28.4 Å². The highest BCUT2D eigenvalue weighted by molar-refractivity contribution is 5.95. The van der Waals surface area contributed by atoms with Crippen molar-refractivity contribution < 1.29 is 24.1 Å². The number of pyridine rings is 1. The van der Waals surface area contributed by atoms with Crippen LogP contribution in [0.15, 0.2) is 18.2 Å². The summed E-state index contributed by atoms with van der Waals surface area (Å²) >= 11 is 0. The van der Waals surface area contributed by atoms with E-state index in [0.29, 0.717) is 32.3 Å². The lowest BCUT2D eigenvalue weighted by Gasteiger charge is -2.33. The lowest BCUT2D eigenvalue weighted by Crippen LogP contribution is -2.39. The van der Waals surface area contributed by atoms with E-state index < -0.39 is 5.97 Å². The minimum atomic E-state index is -0.719. The van der Waals surface area contributed by atoms with Crippen molar-refractivity contribution in [2.45, 2.75) is 51.0 Å². The number of carboxylic acids is 1. The molecule has 40 heavy (non-hydrogen) atoms. The maximum Gasteiger partial charge on any atom is 0.303 e. The molecule has 2 N–H and O–H groups in total. The molecule has 3 fully saturated rings. The fourth-order valence-corrected chi connectivity index (χ4v) is 6.02. The zero-order chi connectivity index (χ0) is 27.7. The normalized spacial score (nSPS) is 19.3. The minimum Gasteiger partial charge on any atom is -0.493 e. The first-order chi connectivity index (χ1) is 19.6. The largest absolute Gasteiger partial charge is 0.493 e. The lowest BCUT2D eigenvalue weighted by molar-refractivity contribution is -0.137. The molecule has 1 aromatic heterocycles. The van der Waals surface area contributed by atoms with Crippen LogP contribution in [0.25, 0.3) is 10.9 Å². The molecule has 3 saturated heterocycles. The number of carboxylic acid groups (broad SMARTS) is 1. The van der Waals surface area contributed by atoms with Crippen molar-refractivity contribution in [1.29, 1.82) is 0 Å². The molecule has 0 radical (unpaired) electrons. The van der Waals surface area contributed by atoms with E-state index >= 15 is 0 Å². The predicted molar refractivity (Wildman–Crippen MR) is 157 cm³/mol. The highest BCUT2D eigenvalue weighted by Crippen LogP contribution is 2.37. The van der Waals surface area contributed by atoms with Crippen LogP contribution in [0.3, 0.4) is 0 Å². The molecule has 3 aliphatic rings. The quantitative estimate of drug-likeness (QED) is 0.356. The fourth-order valence-electron chi connectivity index (χ4n) is 6.02. The van der Waals surface area contributed by atoms with E-state index in [1.807, 2.05) is 6.07 Å². The van der Waals surface area contributed by atoms with Gasteiger partial charge in [0.2, 0.25) is 0 Å². The van der Waals surface area contributed by atoms with Crippen molar-refractivity contribution in [2.75, 3.05) is 89.5 Å². The van der Waals surface area contributed by atoms with Crippen molar-refractivity contribution in [2.24, 2.45) is 0 Å². The number of nitrogens with zero attached hydrogens (tertiary/aromatic N) is 4. The zero-order valence-corrected chi connectivity index (χ0v) is 23.9. The molecular weight excluding hydrogens is 510 g/mol. The predicted octanol–water partition coefficient (Wildman–Crippen LogP) is 3.69. The summed E-state index contributed by atoms with van der Waals surface area (Å²) < 4.78 is 17.6. The second kappa shape index (κ2) is 14.2. The zero-order valence-electron chi connectivity index (χ0n) is 23.9. The second-order valence-corrected chi connectivity index (χ2v) is 11.2. The summed E-state index contributed by atoms with van der Waals surface area (Å²) in [7, 11) is 1.70. The number of likely N-dealkylation sites (tertiary alicyclic amines) is 2. The van der Waals surface area contributed by atoms with Crippen LogP contribution in [-0.2, 0) is 9.53 Å². The summed E-state index contributed by atoms with van der Waals surface area (Å²) in [5.41, 5.74) is 1.96. The number of methoxy groups -OCH3 is 1. The number of anilines is 2. The molecule has 10 heteroatoms. The van der Waals surface area contributed by atoms with Gasteiger partial charge in [-0.15, -0.1) is 0 Å². The van der Waals surface area contributed by atoms with Crippen LogP contribution < -0.4 is 19.7 Å². The number of aliphatic carboxylic acids is 1. The summed E-state index contributed by atoms with van der Waals surface area (Å²) in [6.07, 6.45) is 6.56. The average Bonchev–Trinajstić information content (AvgIpc) is 3.50. The maximum absolute atomic E-state index is 10.9. The van der Waals surface area contributed by atoms with E-state index in [9.17, 15) is 4.79 Å². The first kappa shape index (κ1) is 28.7. The van der Waals surface area contributed by atoms with Crippen LogP contribution in [-0.4, -0.2) is 111 Å². The van der Waals surface area contributed by atoms with Gasteiger partial charge in [0.1, 0.15) is 5.82 Å². The Bertz CT molecular complexity index is 1110. The molecule has 5 rings (SSSR count). The Morgan fingerprint density at radius 1 is 1.00 bits per heavy atom. The summed E-state index contributed by atoms with van der Waals surface area (Å²) in [6, 6.07) is 6.60. The topological polar surface area (TPSA) is 99.6 Å². The van der Waals surface area contributed by atoms with Gasteiger partial charge in [0, 0.05) is 68.4 Å². The van der Waals surface area contributed by atoms with E-state index in [1.54, 1.807) is 7.11 Å². The van der Waals surface area contributed by atoms with Crippen molar-refractivity contribution in [1.82, 2.24) is 14.8 Å². The van der Waals surface area contributed by atoms with Gasteiger partial charge in [-0.05, 0) is 64.2 Å². The molecule has 4 heterocycles. The molecule has 0 spiro atoms. The van der Waals surface area contributed by atoms with Crippen molar-refractivity contribution in [3.05, 3.63) is 18.2 Å². The molecule has 3 aliphatic heterocycles. The number of aromatic nitrogens is 1. The van der Waals surface area contributed by atoms with Gasteiger partial charge < -0.3 is 39.3 Å². The van der Waals surface area contributed by atoms with Crippen LogP contribution in [0.4, 0.5) is 11.5 Å². The van der Waals surface area contributed by atoms with Crippen LogP contribution in [0.2, 0.25) is 0 Å². The van der Waals surface area contributed by atoms with Crippen LogP contribution >= 0.6 is 0 Å². The number of benzene rings is 1. The van der Waals surface area contributed by atoms with Gasteiger partial charge in [0.25, 0.3) is 0 Å². The highest BCUT2D eigenvalue weighted by atomic mass is 16.5. The van der Waals surface area contributed by atoms with Gasteiger partial charge in [-0.1, -0.05) is 0 Å². The molecule has 0 saturated carbocycles. The summed E-state index contributed by atoms with van der Waals surface area (Å²) in [4.78, 5) is 23.1. The number of nitrogens with one attached hydrogen (secondary N) is 1. The Balaban J connectivity index is 1.31. The van der Waals surface area contributed by atoms with Gasteiger partial charge in [-0.25, -0.2) is 4.98 Å². The number of ether oxygens (including phenoxy) is 3. The monoisotopic (exact) mass is 555 g/mol. The molecular formula is C30H45N5O5. The molecule has 0 unspecified atom stereocenters. The summed E-state index contributed by atoms with van der Waals surface area (Å²) in [5, 5.41) is 13.8. The third-order valence-corrected chi connectivity index (χ3v) is 8.30. The van der Waals surface area contributed by atoms with Gasteiger partial charge in [-0.2, -0.15) is 0 Å². The number of piperidine rings is 1. The number of fused-ring (bicyclic) bond motifs is 1. The number of hydrogen-bond donors (Lipinski definition) is 2. The number of rotatable bonds is 13. The van der Waals surface area contributed by atoms with Crippen LogP contribution in [0, 0.1) is 0 Å². The molecule has 220 valence electrons. The molecule has 0 atom stereocenters. The SMILES string of the molecule is COc1cc2c(NC3CCN(CCCC(=O)O)CC3)cc(N3CCOCC3)nc2cc1OCCCN1CCCC1. The Morgan fingerprint density at radius 3 is 2.45 bits per heavy atom. The second-order valence-electron chi connectivity index (χ2n) is 11.2. The molecule has 10 nitrogen and oxygen atoms in total. The Hall–Kier alpha value is -2.82. The smallest absolute Gasteiger partial charge is 0.303 e. The first-order valence-corrected chi connectivity index (χ1v) is 15.0. The lowest BCUT2D eigenvalue weighted by atomic mass is 10.0. The number of hydrogen-bond acceptors (Lipinski definition) is 9. The minimum absolute atomic E-state index is 0.234. The van der Waals surface area contributed by atoms with E-state index in [4.69, 9.17) is 24.3 Å². The molecule has 2 aromatic rings. The number of morpholine rings is 1. The standard InChI is InChI=1S/C30H45N5O5/c1-38-27-20-24-25(21-28(27)40-17-5-12-33-9-2-3-10-33)32-29(35-15-18-39-19-16-35)22-26(24)31-23-7-13-34(14-8-23)11-4-6-30(36)37/h20-23H,2-19H2,1H3,(H,31,32)(H,36,37). The maximum atomic E-state index is 10.9. The van der Waals surface area contributed by atoms with E-state index in [2.05, 4.69) is 32.1 Å². The summed E-state index contributed by atoms with van der Waals surface area (Å²) in [5.74, 6) is 1.70. The third kappa shape index (κ3) is 7.67. The highest BCUT2D eigenvalue weighted by Gasteiger charge is 2.22. The van der Waals surface area contributed by atoms with Crippen molar-refractivity contribution in [3.63, 3.8) is 0 Å². The Labute approximate surface area is 237 Å². The van der Waals surface area contributed by atoms with E-state index in [-0.39, 0.29) is 6.42 Å². The average molecular weight is 556 g/mol. The van der Waals surface area contributed by atoms with E-state index in [1.165, 1.54) is 25.9 Å². The first-order valence-electron chi connectivity index (χ1n) is 15.0. The van der Waals surface area contributed by atoms with Gasteiger partial charge >= 0.3 is 5.97 Å². The molecule has 0 bridgehead atoms.